The lowest BCUT2D eigenvalue weighted by atomic mass is 9.98. The average molecular weight is 377 g/mol. The van der Waals surface area contributed by atoms with Crippen molar-refractivity contribution in [3.63, 3.8) is 0 Å². The number of rotatable bonds is 5. The first-order chi connectivity index (χ1) is 13.5. The highest BCUT2D eigenvalue weighted by Gasteiger charge is 2.27. The van der Waals surface area contributed by atoms with Crippen molar-refractivity contribution >= 4 is 23.2 Å². The van der Waals surface area contributed by atoms with E-state index in [0.717, 1.165) is 38.0 Å². The van der Waals surface area contributed by atoms with Gasteiger partial charge in [0.05, 0.1) is 5.56 Å². The van der Waals surface area contributed by atoms with Crippen molar-refractivity contribution < 1.29 is 9.59 Å². The number of nitrogens with zero attached hydrogens (tertiary/aromatic N) is 1. The van der Waals surface area contributed by atoms with Crippen LogP contribution in [0.1, 0.15) is 48.2 Å². The van der Waals surface area contributed by atoms with Crippen LogP contribution in [0.15, 0.2) is 42.5 Å². The molecule has 0 radical (unpaired) electrons. The standard InChI is InChI=1S/C23H27N3O2/c1-15(2)22(27)25-19-9-10-21(20(13-19)23(28)24-18-7-8-18)26-12-11-16-5-3-4-6-17(16)14-26/h3-6,9-10,13,15,18H,7-8,11-12,14H2,1-2H3,(H,24,28)(H,25,27). The molecule has 1 saturated carbocycles. The van der Waals surface area contributed by atoms with Gasteiger partial charge in [-0.2, -0.15) is 0 Å². The summed E-state index contributed by atoms with van der Waals surface area (Å²) in [6.07, 6.45) is 3.05. The molecule has 28 heavy (non-hydrogen) atoms. The fraction of sp³-hybridized carbons (Fsp3) is 0.391. The molecule has 0 atom stereocenters. The monoisotopic (exact) mass is 377 g/mol. The number of carbonyl (C=O) groups is 2. The van der Waals surface area contributed by atoms with Crippen LogP contribution in [0.4, 0.5) is 11.4 Å². The highest BCUT2D eigenvalue weighted by Crippen LogP contribution is 2.30. The number of nitrogens with one attached hydrogen (secondary N) is 2. The zero-order valence-electron chi connectivity index (χ0n) is 16.5. The topological polar surface area (TPSA) is 61.4 Å². The lowest BCUT2D eigenvalue weighted by Gasteiger charge is -2.32. The number of fused-ring (bicyclic) bond motifs is 1. The molecule has 2 amide bonds. The van der Waals surface area contributed by atoms with E-state index >= 15 is 0 Å². The zero-order valence-corrected chi connectivity index (χ0v) is 16.5. The van der Waals surface area contributed by atoms with Gasteiger partial charge in [-0.25, -0.2) is 0 Å². The van der Waals surface area contributed by atoms with Gasteiger partial charge < -0.3 is 15.5 Å². The molecule has 5 heteroatoms. The number of anilines is 2. The van der Waals surface area contributed by atoms with Gasteiger partial charge in [-0.3, -0.25) is 9.59 Å². The second-order valence-electron chi connectivity index (χ2n) is 8.06. The Kier molecular flexibility index (Phi) is 5.07. The summed E-state index contributed by atoms with van der Waals surface area (Å²) < 4.78 is 0. The summed E-state index contributed by atoms with van der Waals surface area (Å²) in [4.78, 5) is 27.3. The Morgan fingerprint density at radius 2 is 1.82 bits per heavy atom. The molecule has 2 aromatic carbocycles. The Morgan fingerprint density at radius 1 is 1.07 bits per heavy atom. The number of carbonyl (C=O) groups excluding carboxylic acids is 2. The number of benzene rings is 2. The summed E-state index contributed by atoms with van der Waals surface area (Å²) in [5.74, 6) is -0.216. The van der Waals surface area contributed by atoms with Crippen molar-refractivity contribution in [3.8, 4) is 0 Å². The Morgan fingerprint density at radius 3 is 2.54 bits per heavy atom. The van der Waals surface area contributed by atoms with E-state index in [1.807, 2.05) is 32.0 Å². The number of hydrogen-bond acceptors (Lipinski definition) is 3. The van der Waals surface area contributed by atoms with Gasteiger partial charge >= 0.3 is 0 Å². The Bertz CT molecular complexity index is 902. The predicted octanol–water partition coefficient (Wildman–Crippen LogP) is 3.74. The smallest absolute Gasteiger partial charge is 0.253 e. The Balaban J connectivity index is 1.63. The maximum absolute atomic E-state index is 12.9. The first kappa shape index (κ1) is 18.5. The van der Waals surface area contributed by atoms with Crippen LogP contribution in [0.3, 0.4) is 0 Å². The van der Waals surface area contributed by atoms with Gasteiger partial charge in [-0.1, -0.05) is 38.1 Å². The second kappa shape index (κ2) is 7.66. The maximum atomic E-state index is 12.9. The highest BCUT2D eigenvalue weighted by atomic mass is 16.2. The summed E-state index contributed by atoms with van der Waals surface area (Å²) in [6.45, 7) is 5.38. The van der Waals surface area contributed by atoms with Crippen LogP contribution in [-0.2, 0) is 17.8 Å². The first-order valence-corrected chi connectivity index (χ1v) is 10.1. The van der Waals surface area contributed by atoms with Crippen molar-refractivity contribution in [3.05, 3.63) is 59.2 Å². The molecule has 1 aliphatic heterocycles. The molecule has 0 aromatic heterocycles. The number of hydrogen-bond donors (Lipinski definition) is 2. The normalized spacial score (nSPS) is 15.9. The van der Waals surface area contributed by atoms with Gasteiger partial charge in [0.15, 0.2) is 0 Å². The van der Waals surface area contributed by atoms with E-state index in [1.54, 1.807) is 0 Å². The third-order valence-electron chi connectivity index (χ3n) is 5.42. The van der Waals surface area contributed by atoms with Gasteiger partial charge in [0.25, 0.3) is 5.91 Å². The van der Waals surface area contributed by atoms with Crippen molar-refractivity contribution in [2.45, 2.75) is 45.7 Å². The molecule has 0 unspecified atom stereocenters. The van der Waals surface area contributed by atoms with Crippen LogP contribution in [0.5, 0.6) is 0 Å². The third kappa shape index (κ3) is 4.03. The summed E-state index contributed by atoms with van der Waals surface area (Å²) in [5.41, 5.74) is 4.91. The molecular weight excluding hydrogens is 350 g/mol. The molecule has 5 nitrogen and oxygen atoms in total. The minimum atomic E-state index is -0.109. The predicted molar refractivity (Wildman–Crippen MR) is 112 cm³/mol. The minimum Gasteiger partial charge on any atom is -0.366 e. The highest BCUT2D eigenvalue weighted by molar-refractivity contribution is 6.02. The summed E-state index contributed by atoms with van der Waals surface area (Å²) in [7, 11) is 0. The maximum Gasteiger partial charge on any atom is 0.253 e. The van der Waals surface area contributed by atoms with E-state index < -0.39 is 0 Å². The van der Waals surface area contributed by atoms with E-state index in [-0.39, 0.29) is 23.8 Å². The van der Waals surface area contributed by atoms with E-state index in [2.05, 4.69) is 39.8 Å². The van der Waals surface area contributed by atoms with Crippen molar-refractivity contribution in [1.29, 1.82) is 0 Å². The van der Waals surface area contributed by atoms with Crippen molar-refractivity contribution in [1.82, 2.24) is 5.32 Å². The van der Waals surface area contributed by atoms with Gasteiger partial charge in [-0.15, -0.1) is 0 Å². The summed E-state index contributed by atoms with van der Waals surface area (Å²) in [5, 5.41) is 6.01. The van der Waals surface area contributed by atoms with Crippen LogP contribution in [-0.4, -0.2) is 24.4 Å². The van der Waals surface area contributed by atoms with Crippen LogP contribution >= 0.6 is 0 Å². The van der Waals surface area contributed by atoms with E-state index in [1.165, 1.54) is 11.1 Å². The fourth-order valence-electron chi connectivity index (χ4n) is 3.55. The largest absolute Gasteiger partial charge is 0.366 e. The molecule has 2 N–H and O–H groups in total. The van der Waals surface area contributed by atoms with Crippen LogP contribution in [0.2, 0.25) is 0 Å². The molecule has 146 valence electrons. The van der Waals surface area contributed by atoms with Gasteiger partial charge in [0, 0.05) is 36.4 Å². The molecule has 2 aromatic rings. The molecule has 4 rings (SSSR count). The molecular formula is C23H27N3O2. The second-order valence-corrected chi connectivity index (χ2v) is 8.06. The SMILES string of the molecule is CC(C)C(=O)Nc1ccc(N2CCc3ccccc3C2)c(C(=O)NC2CC2)c1. The van der Waals surface area contributed by atoms with Gasteiger partial charge in [0.2, 0.25) is 5.91 Å². The lowest BCUT2D eigenvalue weighted by Crippen LogP contribution is -2.33. The minimum absolute atomic E-state index is 0.0480. The molecule has 0 spiro atoms. The van der Waals surface area contributed by atoms with Crippen molar-refractivity contribution in [2.75, 3.05) is 16.8 Å². The average Bonchev–Trinajstić information content (AvgIpc) is 3.51. The van der Waals surface area contributed by atoms with E-state index in [0.29, 0.717) is 11.3 Å². The molecule has 1 fully saturated rings. The fourth-order valence-corrected chi connectivity index (χ4v) is 3.55. The van der Waals surface area contributed by atoms with Crippen molar-refractivity contribution in [2.24, 2.45) is 5.92 Å². The Hall–Kier alpha value is -2.82. The van der Waals surface area contributed by atoms with Gasteiger partial charge in [-0.05, 0) is 48.6 Å². The quantitative estimate of drug-likeness (QED) is 0.834. The third-order valence-corrected chi connectivity index (χ3v) is 5.42. The first-order valence-electron chi connectivity index (χ1n) is 10.1. The van der Waals surface area contributed by atoms with Crippen LogP contribution in [0, 0.1) is 5.92 Å². The van der Waals surface area contributed by atoms with Gasteiger partial charge in [0.1, 0.15) is 0 Å². The summed E-state index contributed by atoms with van der Waals surface area (Å²) in [6, 6.07) is 14.4. The molecule has 1 aliphatic carbocycles. The number of amides is 2. The van der Waals surface area contributed by atoms with E-state index in [4.69, 9.17) is 0 Å². The Labute approximate surface area is 166 Å². The summed E-state index contributed by atoms with van der Waals surface area (Å²) >= 11 is 0. The molecule has 0 bridgehead atoms. The van der Waals surface area contributed by atoms with Crippen LogP contribution < -0.4 is 15.5 Å². The van der Waals surface area contributed by atoms with E-state index in [9.17, 15) is 9.59 Å². The molecule has 0 saturated heterocycles. The van der Waals surface area contributed by atoms with Crippen LogP contribution in [0.25, 0.3) is 0 Å². The zero-order chi connectivity index (χ0) is 19.7. The lowest BCUT2D eigenvalue weighted by molar-refractivity contribution is -0.118. The molecule has 2 aliphatic rings. The molecule has 1 heterocycles.